The van der Waals surface area contributed by atoms with Crippen LogP contribution < -0.4 is 15.8 Å². The number of aliphatic hydroxyl groups excluding tert-OH is 1. The molecule has 0 aliphatic rings. The molecule has 2 rings (SSSR count). The molecule has 0 spiro atoms. The van der Waals surface area contributed by atoms with Crippen LogP contribution in [0.2, 0.25) is 0 Å². The average Bonchev–Trinajstić information content (AvgIpc) is 2.74. The van der Waals surface area contributed by atoms with Gasteiger partial charge in [0.15, 0.2) is 0 Å². The topological polar surface area (TPSA) is 125 Å². The Labute approximate surface area is 192 Å². The van der Waals surface area contributed by atoms with Crippen LogP contribution in [0.1, 0.15) is 55.4 Å². The Morgan fingerprint density at radius 3 is 2.22 bits per heavy atom. The minimum absolute atomic E-state index is 0.0579. The summed E-state index contributed by atoms with van der Waals surface area (Å²) >= 11 is 0. The number of hydrogen-bond acceptors (Lipinski definition) is 6. The molecule has 0 aliphatic carbocycles. The van der Waals surface area contributed by atoms with Crippen LogP contribution in [-0.4, -0.2) is 44.0 Å². The first-order valence-electron chi connectivity index (χ1n) is 11.2. The number of hydrogen-bond donors (Lipinski definition) is 5. The third kappa shape index (κ3) is 9.56. The number of phenolic OH excluding ortho intramolecular Hbond substituents is 1. The first-order valence-corrected chi connectivity index (χ1v) is 13.1. The Morgan fingerprint density at radius 2 is 1.62 bits per heavy atom. The van der Waals surface area contributed by atoms with Gasteiger partial charge in [0.2, 0.25) is 10.0 Å². The molecule has 1 unspecified atom stereocenters. The summed E-state index contributed by atoms with van der Waals surface area (Å²) in [5.74, 6) is -0.184. The molecule has 7 nitrogen and oxygen atoms in total. The van der Waals surface area contributed by atoms with E-state index in [1.807, 2.05) is 0 Å². The van der Waals surface area contributed by atoms with Crippen molar-refractivity contribution in [1.82, 2.24) is 5.32 Å². The van der Waals surface area contributed by atoms with Crippen molar-refractivity contribution >= 4 is 15.7 Å². The smallest absolute Gasteiger partial charge is 0.229 e. The molecular weight excluding hydrogens is 426 g/mol. The second kappa shape index (κ2) is 12.8. The molecule has 0 radical (unpaired) electrons. The van der Waals surface area contributed by atoms with Crippen LogP contribution in [0.25, 0.3) is 0 Å². The third-order valence-electron chi connectivity index (χ3n) is 5.41. The Kier molecular flexibility index (Phi) is 10.4. The molecule has 0 saturated heterocycles. The summed E-state index contributed by atoms with van der Waals surface area (Å²) in [4.78, 5) is 0. The minimum atomic E-state index is -3.52. The highest BCUT2D eigenvalue weighted by Gasteiger charge is 2.14. The molecule has 0 fully saturated rings. The van der Waals surface area contributed by atoms with Gasteiger partial charge < -0.3 is 21.3 Å². The third-order valence-corrected chi connectivity index (χ3v) is 6.00. The van der Waals surface area contributed by atoms with Crippen molar-refractivity contribution in [3.05, 3.63) is 59.2 Å². The van der Waals surface area contributed by atoms with Gasteiger partial charge in [-0.05, 0) is 80.8 Å². The van der Waals surface area contributed by atoms with Crippen molar-refractivity contribution in [3.8, 4) is 5.75 Å². The van der Waals surface area contributed by atoms with E-state index in [-0.39, 0.29) is 17.5 Å². The van der Waals surface area contributed by atoms with Gasteiger partial charge in [-0.25, -0.2) is 8.42 Å². The number of aliphatic hydroxyl groups is 1. The van der Waals surface area contributed by atoms with Crippen molar-refractivity contribution in [3.63, 3.8) is 0 Å². The highest BCUT2D eigenvalue weighted by molar-refractivity contribution is 7.92. The number of sulfonamides is 1. The van der Waals surface area contributed by atoms with Crippen LogP contribution in [0, 0.1) is 0 Å². The number of nitrogens with two attached hydrogens (primary N) is 1. The number of aryl methyl sites for hydroxylation is 2. The van der Waals surface area contributed by atoms with Gasteiger partial charge >= 0.3 is 0 Å². The van der Waals surface area contributed by atoms with E-state index in [9.17, 15) is 18.6 Å². The summed E-state index contributed by atoms with van der Waals surface area (Å²) in [5, 5.41) is 23.6. The summed E-state index contributed by atoms with van der Waals surface area (Å²) in [6.45, 7) is 3.17. The van der Waals surface area contributed by atoms with Crippen molar-refractivity contribution in [2.24, 2.45) is 5.73 Å². The van der Waals surface area contributed by atoms with E-state index in [4.69, 9.17) is 5.73 Å². The van der Waals surface area contributed by atoms with Gasteiger partial charge in [-0.2, -0.15) is 0 Å². The zero-order valence-electron chi connectivity index (χ0n) is 19.0. The molecule has 32 heavy (non-hydrogen) atoms. The van der Waals surface area contributed by atoms with Crippen molar-refractivity contribution in [1.29, 1.82) is 0 Å². The van der Waals surface area contributed by atoms with Gasteiger partial charge in [-0.15, -0.1) is 0 Å². The van der Waals surface area contributed by atoms with E-state index in [1.54, 1.807) is 6.07 Å². The molecule has 178 valence electrons. The number of phenols is 1. The zero-order chi connectivity index (χ0) is 23.6. The lowest BCUT2D eigenvalue weighted by molar-refractivity contribution is 0.170. The number of aromatic hydroxyl groups is 1. The monoisotopic (exact) mass is 463 g/mol. The lowest BCUT2D eigenvalue weighted by atomic mass is 10.0. The van der Waals surface area contributed by atoms with Gasteiger partial charge in [0.1, 0.15) is 5.75 Å². The minimum Gasteiger partial charge on any atom is -0.506 e. The first-order chi connectivity index (χ1) is 15.2. The SMILES string of the molecule is CC(CCCc1ccc(CCCCN)cc1)NC[C@H](O)c1ccc(O)c(NS(C)(=O)=O)c1. The fraction of sp³-hybridized carbons (Fsp3) is 0.500. The quantitative estimate of drug-likeness (QED) is 0.217. The number of unbranched alkanes of at least 4 members (excludes halogenated alkanes) is 1. The average molecular weight is 464 g/mol. The van der Waals surface area contributed by atoms with Gasteiger partial charge in [0, 0.05) is 12.6 Å². The summed E-state index contributed by atoms with van der Waals surface area (Å²) in [6, 6.07) is 13.4. The Hall–Kier alpha value is -2.13. The van der Waals surface area contributed by atoms with E-state index < -0.39 is 16.1 Å². The number of nitrogens with one attached hydrogen (secondary N) is 2. The molecule has 0 aromatic heterocycles. The fourth-order valence-corrected chi connectivity index (χ4v) is 4.10. The maximum atomic E-state index is 11.4. The Morgan fingerprint density at radius 1 is 1.00 bits per heavy atom. The number of anilines is 1. The van der Waals surface area contributed by atoms with E-state index in [2.05, 4.69) is 41.2 Å². The molecule has 0 heterocycles. The van der Waals surface area contributed by atoms with Gasteiger partial charge in [-0.3, -0.25) is 4.72 Å². The first kappa shape index (κ1) is 26.1. The van der Waals surface area contributed by atoms with Crippen molar-refractivity contribution in [2.45, 2.75) is 57.6 Å². The largest absolute Gasteiger partial charge is 0.506 e. The molecule has 6 N–H and O–H groups in total. The molecule has 0 amide bonds. The maximum absolute atomic E-state index is 11.4. The van der Waals surface area contributed by atoms with Crippen LogP contribution >= 0.6 is 0 Å². The van der Waals surface area contributed by atoms with E-state index >= 15 is 0 Å². The second-order valence-corrected chi connectivity index (χ2v) is 10.2. The highest BCUT2D eigenvalue weighted by Crippen LogP contribution is 2.27. The van der Waals surface area contributed by atoms with Gasteiger partial charge in [0.25, 0.3) is 0 Å². The van der Waals surface area contributed by atoms with Crippen LogP contribution in [-0.2, 0) is 22.9 Å². The Balaban J connectivity index is 1.74. The van der Waals surface area contributed by atoms with Gasteiger partial charge in [-0.1, -0.05) is 30.3 Å². The number of rotatable bonds is 14. The van der Waals surface area contributed by atoms with E-state index in [0.717, 1.165) is 51.3 Å². The molecule has 8 heteroatoms. The summed E-state index contributed by atoms with van der Waals surface area (Å²) < 4.78 is 25.1. The Bertz CT molecular complexity index is 933. The molecule has 2 aromatic rings. The highest BCUT2D eigenvalue weighted by atomic mass is 32.2. The normalized spacial score (nSPS) is 13.6. The lowest BCUT2D eigenvalue weighted by Gasteiger charge is -2.18. The molecule has 0 aliphatic heterocycles. The van der Waals surface area contributed by atoms with Crippen LogP contribution in [0.4, 0.5) is 5.69 Å². The standard InChI is InChI=1S/C24H37N3O4S/c1-18(6-5-8-20-11-9-19(10-12-20)7-3-4-15-25)26-17-24(29)21-13-14-23(28)22(16-21)27-32(2,30)31/h9-14,16,18,24,26-29H,3-8,15,17,25H2,1-2H3/t18?,24-/m0/s1. The summed E-state index contributed by atoms with van der Waals surface area (Å²) in [6.07, 6.45) is 6.49. The summed E-state index contributed by atoms with van der Waals surface area (Å²) in [7, 11) is -3.52. The lowest BCUT2D eigenvalue weighted by Crippen LogP contribution is -2.30. The maximum Gasteiger partial charge on any atom is 0.229 e. The second-order valence-electron chi connectivity index (χ2n) is 8.43. The molecule has 0 bridgehead atoms. The van der Waals surface area contributed by atoms with Crippen molar-refractivity contribution in [2.75, 3.05) is 24.1 Å². The predicted molar refractivity (Wildman–Crippen MR) is 130 cm³/mol. The zero-order valence-corrected chi connectivity index (χ0v) is 19.9. The van der Waals surface area contributed by atoms with Crippen LogP contribution in [0.15, 0.2) is 42.5 Å². The molecule has 0 saturated carbocycles. The van der Waals surface area contributed by atoms with Crippen LogP contribution in [0.3, 0.4) is 0 Å². The predicted octanol–water partition coefficient (Wildman–Crippen LogP) is 3.08. The van der Waals surface area contributed by atoms with Crippen molar-refractivity contribution < 1.29 is 18.6 Å². The molecular formula is C24H37N3O4S. The number of benzene rings is 2. The molecule has 2 atom stereocenters. The summed E-state index contributed by atoms with van der Waals surface area (Å²) in [5.41, 5.74) is 8.82. The van der Waals surface area contributed by atoms with E-state index in [1.165, 1.54) is 23.3 Å². The molecule has 2 aromatic carbocycles. The van der Waals surface area contributed by atoms with Gasteiger partial charge in [0.05, 0.1) is 18.0 Å². The van der Waals surface area contributed by atoms with Crippen LogP contribution in [0.5, 0.6) is 5.75 Å². The van der Waals surface area contributed by atoms with E-state index in [0.29, 0.717) is 12.1 Å². The fourth-order valence-electron chi connectivity index (χ4n) is 3.53.